The van der Waals surface area contributed by atoms with Gasteiger partial charge in [0.15, 0.2) is 5.13 Å². The predicted molar refractivity (Wildman–Crippen MR) is 70.4 cm³/mol. The number of hydrogen-bond acceptors (Lipinski definition) is 4. The Labute approximate surface area is 102 Å². The second-order valence-corrected chi connectivity index (χ2v) is 6.07. The van der Waals surface area contributed by atoms with Crippen LogP contribution >= 0.6 is 11.3 Å². The average Bonchev–Trinajstić information content (AvgIpc) is 2.95. The van der Waals surface area contributed by atoms with E-state index in [9.17, 15) is 0 Å². The third-order valence-electron chi connectivity index (χ3n) is 2.73. The quantitative estimate of drug-likeness (QED) is 0.856. The van der Waals surface area contributed by atoms with Gasteiger partial charge in [-0.05, 0) is 12.8 Å². The Hall–Kier alpha value is -0.610. The number of aromatic nitrogens is 1. The van der Waals surface area contributed by atoms with Gasteiger partial charge in [-0.2, -0.15) is 0 Å². The summed E-state index contributed by atoms with van der Waals surface area (Å²) in [5.74, 6) is 0.744. The molecule has 0 amide bonds. The minimum Gasteiger partial charge on any atom is -0.354 e. The molecule has 0 atom stereocenters. The van der Waals surface area contributed by atoms with E-state index in [1.165, 1.54) is 23.4 Å². The minimum atomic E-state index is 0.539. The van der Waals surface area contributed by atoms with Gasteiger partial charge in [-0.1, -0.05) is 13.8 Å². The summed E-state index contributed by atoms with van der Waals surface area (Å²) in [7, 11) is 4.13. The van der Waals surface area contributed by atoms with Crippen LogP contribution in [0.25, 0.3) is 0 Å². The molecule has 0 spiro atoms. The summed E-state index contributed by atoms with van der Waals surface area (Å²) in [4.78, 5) is 8.29. The van der Waals surface area contributed by atoms with E-state index < -0.39 is 0 Å². The summed E-state index contributed by atoms with van der Waals surface area (Å²) in [5, 5.41) is 4.63. The summed E-state index contributed by atoms with van der Waals surface area (Å²) < 4.78 is 0. The van der Waals surface area contributed by atoms with Gasteiger partial charge < -0.3 is 10.2 Å². The van der Waals surface area contributed by atoms with E-state index in [1.807, 2.05) is 11.3 Å². The molecule has 0 unspecified atom stereocenters. The molecule has 1 saturated carbocycles. The Morgan fingerprint density at radius 1 is 1.44 bits per heavy atom. The van der Waals surface area contributed by atoms with Gasteiger partial charge in [0.2, 0.25) is 0 Å². The van der Waals surface area contributed by atoms with Crippen molar-refractivity contribution in [1.82, 2.24) is 10.3 Å². The fourth-order valence-corrected chi connectivity index (χ4v) is 2.66. The van der Waals surface area contributed by atoms with Gasteiger partial charge in [0.05, 0.1) is 5.69 Å². The largest absolute Gasteiger partial charge is 0.354 e. The second-order valence-electron chi connectivity index (χ2n) is 5.01. The van der Waals surface area contributed by atoms with Crippen LogP contribution in [-0.4, -0.2) is 25.1 Å². The van der Waals surface area contributed by atoms with Crippen molar-refractivity contribution in [1.29, 1.82) is 0 Å². The van der Waals surface area contributed by atoms with Crippen LogP contribution in [0.5, 0.6) is 0 Å². The van der Waals surface area contributed by atoms with Crippen LogP contribution in [0.4, 0.5) is 5.13 Å². The average molecular weight is 239 g/mol. The van der Waals surface area contributed by atoms with Crippen LogP contribution in [0.15, 0.2) is 0 Å². The minimum absolute atomic E-state index is 0.539. The lowest BCUT2D eigenvalue weighted by Gasteiger charge is -2.07. The van der Waals surface area contributed by atoms with Crippen molar-refractivity contribution in [2.45, 2.75) is 45.2 Å². The van der Waals surface area contributed by atoms with E-state index >= 15 is 0 Å². The normalized spacial score (nSPS) is 15.8. The first-order valence-electron chi connectivity index (χ1n) is 5.98. The highest BCUT2D eigenvalue weighted by atomic mass is 32.1. The summed E-state index contributed by atoms with van der Waals surface area (Å²) >= 11 is 1.83. The third kappa shape index (κ3) is 2.74. The van der Waals surface area contributed by atoms with Crippen LogP contribution in [0.2, 0.25) is 0 Å². The van der Waals surface area contributed by atoms with Crippen molar-refractivity contribution < 1.29 is 0 Å². The summed E-state index contributed by atoms with van der Waals surface area (Å²) in [6, 6.07) is 0.539. The molecule has 1 aliphatic carbocycles. The lowest BCUT2D eigenvalue weighted by Crippen LogP contribution is -2.21. The fourth-order valence-electron chi connectivity index (χ4n) is 1.64. The van der Waals surface area contributed by atoms with Crippen molar-refractivity contribution in [2.75, 3.05) is 19.0 Å². The zero-order valence-electron chi connectivity index (χ0n) is 10.6. The highest BCUT2D eigenvalue weighted by Gasteiger charge is 2.29. The summed E-state index contributed by atoms with van der Waals surface area (Å²) in [6.45, 7) is 5.34. The van der Waals surface area contributed by atoms with Crippen LogP contribution in [0, 0.1) is 0 Å². The molecule has 0 radical (unpaired) electrons. The molecule has 0 aromatic carbocycles. The second kappa shape index (κ2) is 4.72. The molecular formula is C12H21N3S. The number of rotatable bonds is 5. The van der Waals surface area contributed by atoms with Gasteiger partial charge in [0.1, 0.15) is 0 Å². The Bertz CT molecular complexity index is 353. The maximum absolute atomic E-state index is 4.75. The maximum Gasteiger partial charge on any atom is 0.185 e. The highest BCUT2D eigenvalue weighted by molar-refractivity contribution is 7.15. The van der Waals surface area contributed by atoms with Crippen LogP contribution in [-0.2, 0) is 6.54 Å². The number of nitrogens with one attached hydrogen (secondary N) is 1. The smallest absolute Gasteiger partial charge is 0.185 e. The zero-order valence-corrected chi connectivity index (χ0v) is 11.4. The summed E-state index contributed by atoms with van der Waals surface area (Å²) in [6.07, 6.45) is 2.65. The van der Waals surface area contributed by atoms with Crippen LogP contribution < -0.4 is 10.2 Å². The fraction of sp³-hybridized carbons (Fsp3) is 0.750. The SMILES string of the molecule is CC(C)NCc1sc(N(C)C)nc1C1CC1. The van der Waals surface area contributed by atoms with E-state index in [4.69, 9.17) is 4.98 Å². The summed E-state index contributed by atoms with van der Waals surface area (Å²) in [5.41, 5.74) is 1.35. The van der Waals surface area contributed by atoms with Crippen LogP contribution in [0.1, 0.15) is 43.2 Å². The molecule has 16 heavy (non-hydrogen) atoms. The molecule has 3 nitrogen and oxygen atoms in total. The van der Waals surface area contributed by atoms with Gasteiger partial charge in [0.25, 0.3) is 0 Å². The first-order chi connectivity index (χ1) is 7.58. The molecule has 2 rings (SSSR count). The van der Waals surface area contributed by atoms with Crippen LogP contribution in [0.3, 0.4) is 0 Å². The van der Waals surface area contributed by atoms with E-state index in [0.29, 0.717) is 6.04 Å². The molecule has 0 saturated heterocycles. The van der Waals surface area contributed by atoms with Crippen molar-refractivity contribution >= 4 is 16.5 Å². The van der Waals surface area contributed by atoms with Crippen molar-refractivity contribution in [3.8, 4) is 0 Å². The molecule has 90 valence electrons. The Balaban J connectivity index is 2.13. The molecule has 4 heteroatoms. The first-order valence-corrected chi connectivity index (χ1v) is 6.80. The van der Waals surface area contributed by atoms with Gasteiger partial charge >= 0.3 is 0 Å². The van der Waals surface area contributed by atoms with E-state index in [0.717, 1.165) is 17.6 Å². The van der Waals surface area contributed by atoms with Crippen molar-refractivity contribution in [3.63, 3.8) is 0 Å². The molecular weight excluding hydrogens is 218 g/mol. The van der Waals surface area contributed by atoms with E-state index in [1.54, 1.807) is 0 Å². The van der Waals surface area contributed by atoms with Gasteiger partial charge in [-0.3, -0.25) is 0 Å². The molecule has 1 aromatic heterocycles. The lowest BCUT2D eigenvalue weighted by atomic mass is 10.2. The Kier molecular flexibility index (Phi) is 3.50. The Morgan fingerprint density at radius 2 is 2.12 bits per heavy atom. The lowest BCUT2D eigenvalue weighted by molar-refractivity contribution is 0.590. The van der Waals surface area contributed by atoms with Gasteiger partial charge in [-0.25, -0.2) is 4.98 Å². The standard InChI is InChI=1S/C12H21N3S/c1-8(2)13-7-10-11(9-5-6-9)14-12(16-10)15(3)4/h8-9,13H,5-7H2,1-4H3. The number of thiazole rings is 1. The molecule has 1 aliphatic rings. The third-order valence-corrected chi connectivity index (χ3v) is 3.97. The van der Waals surface area contributed by atoms with E-state index in [-0.39, 0.29) is 0 Å². The van der Waals surface area contributed by atoms with Gasteiger partial charge in [0, 0.05) is 37.5 Å². The number of anilines is 1. The molecule has 1 N–H and O–H groups in total. The topological polar surface area (TPSA) is 28.2 Å². The molecule has 0 aliphatic heterocycles. The van der Waals surface area contributed by atoms with Gasteiger partial charge in [-0.15, -0.1) is 11.3 Å². The zero-order chi connectivity index (χ0) is 11.7. The van der Waals surface area contributed by atoms with E-state index in [2.05, 4.69) is 38.2 Å². The monoisotopic (exact) mass is 239 g/mol. The first kappa shape index (κ1) is 11.9. The number of hydrogen-bond donors (Lipinski definition) is 1. The highest BCUT2D eigenvalue weighted by Crippen LogP contribution is 2.43. The Morgan fingerprint density at radius 3 is 2.62 bits per heavy atom. The predicted octanol–water partition coefficient (Wildman–Crippen LogP) is 2.58. The molecule has 1 aromatic rings. The number of nitrogens with zero attached hydrogens (tertiary/aromatic N) is 2. The molecule has 0 bridgehead atoms. The maximum atomic E-state index is 4.75. The van der Waals surface area contributed by atoms with Crippen molar-refractivity contribution in [2.24, 2.45) is 0 Å². The molecule has 1 fully saturated rings. The van der Waals surface area contributed by atoms with Crippen molar-refractivity contribution in [3.05, 3.63) is 10.6 Å². The molecule has 1 heterocycles.